The Morgan fingerprint density at radius 3 is 2.75 bits per heavy atom. The third kappa shape index (κ3) is 2.18. The number of nitrogens with zero attached hydrogens (tertiary/aromatic N) is 3. The van der Waals surface area contributed by atoms with Crippen molar-refractivity contribution in [2.45, 2.75) is 27.3 Å². The number of hydrogen-bond donors (Lipinski definition) is 1. The molecule has 0 aliphatic carbocycles. The SMILES string of the molecule is Cc1nccc(NCc2c(C)noc2C)n1. The number of aryl methyl sites for hydroxylation is 3. The zero-order valence-corrected chi connectivity index (χ0v) is 9.61. The molecule has 0 unspecified atom stereocenters. The molecule has 2 heterocycles. The maximum absolute atomic E-state index is 5.08. The summed E-state index contributed by atoms with van der Waals surface area (Å²) in [4.78, 5) is 8.30. The topological polar surface area (TPSA) is 63.8 Å². The van der Waals surface area contributed by atoms with Crippen molar-refractivity contribution < 1.29 is 4.52 Å². The summed E-state index contributed by atoms with van der Waals surface area (Å²) in [6.45, 7) is 6.36. The lowest BCUT2D eigenvalue weighted by Crippen LogP contribution is -2.04. The normalized spacial score (nSPS) is 10.4. The molecular formula is C11H14N4O. The molecule has 0 saturated carbocycles. The highest BCUT2D eigenvalue weighted by atomic mass is 16.5. The second-order valence-electron chi connectivity index (χ2n) is 3.65. The smallest absolute Gasteiger partial charge is 0.138 e. The van der Waals surface area contributed by atoms with Crippen molar-refractivity contribution >= 4 is 5.82 Å². The van der Waals surface area contributed by atoms with Crippen molar-refractivity contribution in [1.82, 2.24) is 15.1 Å². The molecule has 0 bridgehead atoms. The summed E-state index contributed by atoms with van der Waals surface area (Å²) < 4.78 is 5.08. The zero-order valence-electron chi connectivity index (χ0n) is 9.61. The van der Waals surface area contributed by atoms with Crippen LogP contribution in [0.5, 0.6) is 0 Å². The number of rotatable bonds is 3. The molecule has 0 amide bonds. The van der Waals surface area contributed by atoms with Crippen molar-refractivity contribution in [1.29, 1.82) is 0 Å². The first-order chi connectivity index (χ1) is 7.66. The van der Waals surface area contributed by atoms with E-state index in [0.717, 1.165) is 28.7 Å². The van der Waals surface area contributed by atoms with Gasteiger partial charge in [0.1, 0.15) is 17.4 Å². The molecule has 84 valence electrons. The molecule has 0 fully saturated rings. The van der Waals surface area contributed by atoms with E-state index in [2.05, 4.69) is 20.4 Å². The van der Waals surface area contributed by atoms with Crippen molar-refractivity contribution in [3.8, 4) is 0 Å². The molecule has 0 spiro atoms. The average molecular weight is 218 g/mol. The van der Waals surface area contributed by atoms with E-state index in [9.17, 15) is 0 Å². The van der Waals surface area contributed by atoms with Gasteiger partial charge in [-0.3, -0.25) is 0 Å². The Balaban J connectivity index is 2.08. The highest BCUT2D eigenvalue weighted by Crippen LogP contribution is 2.13. The van der Waals surface area contributed by atoms with E-state index in [1.165, 1.54) is 0 Å². The maximum atomic E-state index is 5.08. The molecular weight excluding hydrogens is 204 g/mol. The summed E-state index contributed by atoms with van der Waals surface area (Å²) >= 11 is 0. The molecule has 0 saturated heterocycles. The predicted octanol–water partition coefficient (Wildman–Crippen LogP) is 2.00. The van der Waals surface area contributed by atoms with Gasteiger partial charge in [0.25, 0.3) is 0 Å². The Hall–Kier alpha value is -1.91. The quantitative estimate of drug-likeness (QED) is 0.853. The lowest BCUT2D eigenvalue weighted by Gasteiger charge is -2.04. The Bertz CT molecular complexity index is 473. The van der Waals surface area contributed by atoms with Gasteiger partial charge >= 0.3 is 0 Å². The second kappa shape index (κ2) is 4.30. The minimum absolute atomic E-state index is 0.664. The van der Waals surface area contributed by atoms with E-state index >= 15 is 0 Å². The van der Waals surface area contributed by atoms with E-state index < -0.39 is 0 Å². The van der Waals surface area contributed by atoms with Crippen LogP contribution < -0.4 is 5.32 Å². The fourth-order valence-corrected chi connectivity index (χ4v) is 1.49. The molecule has 0 radical (unpaired) electrons. The highest BCUT2D eigenvalue weighted by molar-refractivity contribution is 5.35. The Kier molecular flexibility index (Phi) is 2.85. The molecule has 16 heavy (non-hydrogen) atoms. The van der Waals surface area contributed by atoms with Crippen LogP contribution in [-0.4, -0.2) is 15.1 Å². The Morgan fingerprint density at radius 1 is 1.31 bits per heavy atom. The second-order valence-corrected chi connectivity index (χ2v) is 3.65. The van der Waals surface area contributed by atoms with Gasteiger partial charge in [0.05, 0.1) is 5.69 Å². The maximum Gasteiger partial charge on any atom is 0.138 e. The third-order valence-electron chi connectivity index (χ3n) is 2.40. The van der Waals surface area contributed by atoms with Gasteiger partial charge < -0.3 is 9.84 Å². The summed E-state index contributed by atoms with van der Waals surface area (Å²) in [5.74, 6) is 2.41. The van der Waals surface area contributed by atoms with Gasteiger partial charge in [0, 0.05) is 18.3 Å². The van der Waals surface area contributed by atoms with Gasteiger partial charge in [-0.2, -0.15) is 0 Å². The lowest BCUT2D eigenvalue weighted by molar-refractivity contribution is 0.392. The van der Waals surface area contributed by atoms with Crippen LogP contribution in [0.2, 0.25) is 0 Å². The molecule has 0 aromatic carbocycles. The van der Waals surface area contributed by atoms with Crippen LogP contribution in [0.4, 0.5) is 5.82 Å². The highest BCUT2D eigenvalue weighted by Gasteiger charge is 2.08. The molecule has 0 aliphatic rings. The van der Waals surface area contributed by atoms with Crippen LogP contribution in [-0.2, 0) is 6.54 Å². The van der Waals surface area contributed by atoms with E-state index in [4.69, 9.17) is 4.52 Å². The van der Waals surface area contributed by atoms with Crippen molar-refractivity contribution in [3.05, 3.63) is 35.1 Å². The number of aromatic nitrogens is 3. The fourth-order valence-electron chi connectivity index (χ4n) is 1.49. The van der Waals surface area contributed by atoms with Gasteiger partial charge in [0.2, 0.25) is 0 Å². The average Bonchev–Trinajstić information content (AvgIpc) is 2.56. The first-order valence-corrected chi connectivity index (χ1v) is 5.12. The zero-order chi connectivity index (χ0) is 11.5. The summed E-state index contributed by atoms with van der Waals surface area (Å²) in [7, 11) is 0. The number of hydrogen-bond acceptors (Lipinski definition) is 5. The summed E-state index contributed by atoms with van der Waals surface area (Å²) in [5.41, 5.74) is 1.99. The first kappa shape index (κ1) is 10.6. The van der Waals surface area contributed by atoms with Gasteiger partial charge in [0.15, 0.2) is 0 Å². The minimum Gasteiger partial charge on any atom is -0.366 e. The molecule has 2 aromatic heterocycles. The van der Waals surface area contributed by atoms with Crippen LogP contribution in [0.15, 0.2) is 16.8 Å². The molecule has 2 rings (SSSR count). The lowest BCUT2D eigenvalue weighted by atomic mass is 10.2. The van der Waals surface area contributed by atoms with Crippen LogP contribution >= 0.6 is 0 Å². The summed E-state index contributed by atoms with van der Waals surface area (Å²) in [5, 5.41) is 7.12. The fraction of sp³-hybridized carbons (Fsp3) is 0.364. The number of anilines is 1. The minimum atomic E-state index is 0.664. The van der Waals surface area contributed by atoms with Crippen LogP contribution in [0.3, 0.4) is 0 Å². The van der Waals surface area contributed by atoms with Crippen molar-refractivity contribution in [2.75, 3.05) is 5.32 Å². The van der Waals surface area contributed by atoms with Crippen molar-refractivity contribution in [3.63, 3.8) is 0 Å². The summed E-state index contributed by atoms with van der Waals surface area (Å²) in [6.07, 6.45) is 1.73. The standard InChI is InChI=1S/C11H14N4O/c1-7-10(8(2)16-15-7)6-13-11-4-5-12-9(3)14-11/h4-5H,6H2,1-3H3,(H,12,13,14). The predicted molar refractivity (Wildman–Crippen MR) is 60.1 cm³/mol. The largest absolute Gasteiger partial charge is 0.366 e. The van der Waals surface area contributed by atoms with Gasteiger partial charge in [-0.05, 0) is 26.8 Å². The summed E-state index contributed by atoms with van der Waals surface area (Å²) in [6, 6.07) is 1.84. The molecule has 2 aromatic rings. The Morgan fingerprint density at radius 2 is 2.12 bits per heavy atom. The molecule has 0 atom stereocenters. The molecule has 0 aliphatic heterocycles. The van der Waals surface area contributed by atoms with Gasteiger partial charge in [-0.25, -0.2) is 9.97 Å². The third-order valence-corrected chi connectivity index (χ3v) is 2.40. The first-order valence-electron chi connectivity index (χ1n) is 5.12. The van der Waals surface area contributed by atoms with E-state index in [1.54, 1.807) is 6.20 Å². The monoisotopic (exact) mass is 218 g/mol. The number of nitrogens with one attached hydrogen (secondary N) is 1. The Labute approximate surface area is 93.9 Å². The van der Waals surface area contributed by atoms with Gasteiger partial charge in [-0.1, -0.05) is 5.16 Å². The van der Waals surface area contributed by atoms with Gasteiger partial charge in [-0.15, -0.1) is 0 Å². The van der Waals surface area contributed by atoms with Crippen molar-refractivity contribution in [2.24, 2.45) is 0 Å². The van der Waals surface area contributed by atoms with E-state index in [-0.39, 0.29) is 0 Å². The van der Waals surface area contributed by atoms with Crippen LogP contribution in [0.25, 0.3) is 0 Å². The van der Waals surface area contributed by atoms with E-state index in [1.807, 2.05) is 26.8 Å². The molecule has 5 nitrogen and oxygen atoms in total. The van der Waals surface area contributed by atoms with Crippen LogP contribution in [0, 0.1) is 20.8 Å². The van der Waals surface area contributed by atoms with E-state index in [0.29, 0.717) is 6.54 Å². The molecule has 5 heteroatoms. The molecule has 1 N–H and O–H groups in total. The van der Waals surface area contributed by atoms with Crippen LogP contribution in [0.1, 0.15) is 22.8 Å².